The Morgan fingerprint density at radius 2 is 2.06 bits per heavy atom. The van der Waals surface area contributed by atoms with Crippen LogP contribution in [-0.2, 0) is 0 Å². The number of halogens is 2. The Labute approximate surface area is 184 Å². The molecule has 3 aromatic heterocycles. The number of pyridine rings is 1. The van der Waals surface area contributed by atoms with Gasteiger partial charge in [0.25, 0.3) is 0 Å². The van der Waals surface area contributed by atoms with E-state index in [9.17, 15) is 14.3 Å². The van der Waals surface area contributed by atoms with Gasteiger partial charge >= 0.3 is 6.09 Å². The zero-order valence-corrected chi connectivity index (χ0v) is 18.3. The van der Waals surface area contributed by atoms with Gasteiger partial charge in [0.1, 0.15) is 28.0 Å². The SMILES string of the molecule is CC(C)(C)C1[C@H](Nc2nc(-c3cnc4ccc(F)cn34)ncc2Cl)CCCN1C(=O)O. The number of hydrogen-bond acceptors (Lipinski definition) is 5. The Morgan fingerprint density at radius 3 is 2.77 bits per heavy atom. The van der Waals surface area contributed by atoms with E-state index in [2.05, 4.69) is 20.3 Å². The fourth-order valence-corrected chi connectivity index (χ4v) is 4.47. The molecule has 0 radical (unpaired) electrons. The normalized spacial score (nSPS) is 19.6. The number of hydrogen-bond donors (Lipinski definition) is 2. The van der Waals surface area contributed by atoms with Crippen molar-refractivity contribution in [3.63, 3.8) is 0 Å². The van der Waals surface area contributed by atoms with Crippen LogP contribution >= 0.6 is 11.6 Å². The number of piperidine rings is 1. The maximum atomic E-state index is 13.7. The summed E-state index contributed by atoms with van der Waals surface area (Å²) < 4.78 is 15.3. The molecule has 8 nitrogen and oxygen atoms in total. The molecule has 1 fully saturated rings. The smallest absolute Gasteiger partial charge is 0.407 e. The lowest BCUT2D eigenvalue weighted by Crippen LogP contribution is -2.58. The van der Waals surface area contributed by atoms with Crippen molar-refractivity contribution in [1.82, 2.24) is 24.3 Å². The molecule has 4 heterocycles. The Bertz CT molecular complexity index is 1130. The summed E-state index contributed by atoms with van der Waals surface area (Å²) >= 11 is 6.38. The number of anilines is 1. The van der Waals surface area contributed by atoms with Gasteiger partial charge in [-0.25, -0.2) is 24.1 Å². The van der Waals surface area contributed by atoms with Gasteiger partial charge in [0.2, 0.25) is 0 Å². The van der Waals surface area contributed by atoms with Crippen LogP contribution in [0.4, 0.5) is 15.0 Å². The van der Waals surface area contributed by atoms with Gasteiger partial charge in [-0.1, -0.05) is 32.4 Å². The Kier molecular flexibility index (Phi) is 5.47. The van der Waals surface area contributed by atoms with E-state index in [1.165, 1.54) is 23.4 Å². The van der Waals surface area contributed by atoms with Gasteiger partial charge in [-0.15, -0.1) is 0 Å². The minimum atomic E-state index is -0.936. The molecule has 1 aliphatic rings. The molecule has 0 saturated carbocycles. The van der Waals surface area contributed by atoms with Crippen molar-refractivity contribution in [2.24, 2.45) is 5.41 Å². The molecule has 3 aromatic rings. The molecule has 2 N–H and O–H groups in total. The summed E-state index contributed by atoms with van der Waals surface area (Å²) in [5.74, 6) is 0.343. The van der Waals surface area contributed by atoms with Gasteiger partial charge in [-0.3, -0.25) is 4.40 Å². The van der Waals surface area contributed by atoms with E-state index in [4.69, 9.17) is 11.6 Å². The van der Waals surface area contributed by atoms with Crippen molar-refractivity contribution in [2.75, 3.05) is 11.9 Å². The van der Waals surface area contributed by atoms with Crippen molar-refractivity contribution in [3.8, 4) is 11.5 Å². The van der Waals surface area contributed by atoms with Crippen LogP contribution in [0.2, 0.25) is 5.02 Å². The Hall–Kier alpha value is -2.94. The van der Waals surface area contributed by atoms with Crippen LogP contribution in [0.1, 0.15) is 33.6 Å². The first kappa shape index (κ1) is 21.3. The average Bonchev–Trinajstić information content (AvgIpc) is 3.11. The quantitative estimate of drug-likeness (QED) is 0.612. The third-order valence-electron chi connectivity index (χ3n) is 5.53. The third-order valence-corrected chi connectivity index (χ3v) is 5.81. The van der Waals surface area contributed by atoms with Gasteiger partial charge in [-0.2, -0.15) is 0 Å². The highest BCUT2D eigenvalue weighted by Gasteiger charge is 2.42. The number of rotatable bonds is 3. The maximum absolute atomic E-state index is 13.7. The summed E-state index contributed by atoms with van der Waals surface area (Å²) in [6.07, 6.45) is 4.96. The molecule has 1 saturated heterocycles. The van der Waals surface area contributed by atoms with Crippen LogP contribution in [0.3, 0.4) is 0 Å². The largest absolute Gasteiger partial charge is 0.465 e. The van der Waals surface area contributed by atoms with Crippen molar-refractivity contribution in [2.45, 2.75) is 45.7 Å². The molecule has 0 aromatic carbocycles. The number of nitrogens with zero attached hydrogens (tertiary/aromatic N) is 5. The van der Waals surface area contributed by atoms with E-state index < -0.39 is 11.9 Å². The lowest BCUT2D eigenvalue weighted by atomic mass is 9.77. The molecule has 0 spiro atoms. The first-order valence-electron chi connectivity index (χ1n) is 10.1. The van der Waals surface area contributed by atoms with Crippen LogP contribution in [0.5, 0.6) is 0 Å². The molecule has 10 heteroatoms. The molecular weight excluding hydrogens is 423 g/mol. The van der Waals surface area contributed by atoms with E-state index >= 15 is 0 Å². The maximum Gasteiger partial charge on any atom is 0.407 e. The number of amides is 1. The second-order valence-electron chi connectivity index (χ2n) is 8.79. The molecule has 164 valence electrons. The lowest BCUT2D eigenvalue weighted by molar-refractivity contribution is 0.0518. The van der Waals surface area contributed by atoms with Gasteiger partial charge in [-0.05, 0) is 30.4 Å². The summed E-state index contributed by atoms with van der Waals surface area (Å²) in [5, 5.41) is 13.4. The number of likely N-dealkylation sites (tertiary alicyclic amines) is 1. The Balaban J connectivity index is 1.70. The summed E-state index contributed by atoms with van der Waals surface area (Å²) in [6, 6.07) is 2.47. The number of carboxylic acid groups (broad SMARTS) is 1. The van der Waals surface area contributed by atoms with Gasteiger partial charge < -0.3 is 15.3 Å². The van der Waals surface area contributed by atoms with Crippen LogP contribution in [-0.4, -0.2) is 54.1 Å². The summed E-state index contributed by atoms with van der Waals surface area (Å²) in [5.41, 5.74) is 0.803. The van der Waals surface area contributed by atoms with E-state index in [0.29, 0.717) is 34.6 Å². The summed E-state index contributed by atoms with van der Waals surface area (Å²) in [4.78, 5) is 26.5. The molecule has 0 aliphatic carbocycles. The van der Waals surface area contributed by atoms with Crippen LogP contribution in [0.25, 0.3) is 17.2 Å². The molecule has 2 atom stereocenters. The average molecular weight is 447 g/mol. The molecule has 0 bridgehead atoms. The van der Waals surface area contributed by atoms with E-state index in [1.807, 2.05) is 20.8 Å². The van der Waals surface area contributed by atoms with Crippen molar-refractivity contribution in [1.29, 1.82) is 0 Å². The summed E-state index contributed by atoms with van der Waals surface area (Å²) in [6.45, 7) is 6.56. The number of carbonyl (C=O) groups is 1. The third kappa shape index (κ3) is 4.14. The Morgan fingerprint density at radius 1 is 1.29 bits per heavy atom. The van der Waals surface area contributed by atoms with Crippen LogP contribution < -0.4 is 5.32 Å². The first-order chi connectivity index (χ1) is 14.6. The minimum Gasteiger partial charge on any atom is -0.465 e. The molecule has 1 aliphatic heterocycles. The van der Waals surface area contributed by atoms with Crippen LogP contribution in [0.15, 0.2) is 30.7 Å². The fourth-order valence-electron chi connectivity index (χ4n) is 4.32. The zero-order valence-electron chi connectivity index (χ0n) is 17.5. The van der Waals surface area contributed by atoms with Gasteiger partial charge in [0.15, 0.2) is 5.82 Å². The molecule has 4 rings (SSSR count). The summed E-state index contributed by atoms with van der Waals surface area (Å²) in [7, 11) is 0. The predicted octanol–water partition coefficient (Wildman–Crippen LogP) is 4.55. The molecule has 1 unspecified atom stereocenters. The van der Waals surface area contributed by atoms with E-state index in [0.717, 1.165) is 12.8 Å². The van der Waals surface area contributed by atoms with Crippen molar-refractivity contribution < 1.29 is 14.3 Å². The number of imidazole rings is 1. The fraction of sp³-hybridized carbons (Fsp3) is 0.429. The zero-order chi connectivity index (χ0) is 22.3. The molecule has 31 heavy (non-hydrogen) atoms. The highest BCUT2D eigenvalue weighted by atomic mass is 35.5. The molecular formula is C21H24ClFN6O2. The number of nitrogens with one attached hydrogen (secondary N) is 1. The van der Waals surface area contributed by atoms with Gasteiger partial charge in [0.05, 0.1) is 18.4 Å². The second-order valence-corrected chi connectivity index (χ2v) is 9.20. The van der Waals surface area contributed by atoms with E-state index in [-0.39, 0.29) is 17.5 Å². The lowest BCUT2D eigenvalue weighted by Gasteiger charge is -2.47. The molecule has 1 amide bonds. The number of aromatic nitrogens is 4. The topological polar surface area (TPSA) is 95.7 Å². The standard InChI is InChI=1S/C21H24ClFN6O2/c1-21(2,3)17-14(5-4-8-28(17)20(30)31)26-18-13(22)9-25-19(27-18)15-10-24-16-7-6-12(23)11-29(15)16/h6-7,9-11,14,17H,4-5,8H2,1-3H3,(H,30,31)(H,25,26,27)/t14-,17?/m1/s1. The first-order valence-corrected chi connectivity index (χ1v) is 10.4. The van der Waals surface area contributed by atoms with Crippen LogP contribution in [0, 0.1) is 11.2 Å². The van der Waals surface area contributed by atoms with Crippen molar-refractivity contribution >= 4 is 29.2 Å². The highest BCUT2D eigenvalue weighted by Crippen LogP contribution is 2.35. The van der Waals surface area contributed by atoms with Gasteiger partial charge in [0, 0.05) is 18.8 Å². The van der Waals surface area contributed by atoms with E-state index in [1.54, 1.807) is 16.7 Å². The monoisotopic (exact) mass is 446 g/mol. The van der Waals surface area contributed by atoms with Crippen molar-refractivity contribution in [3.05, 3.63) is 41.6 Å². The predicted molar refractivity (Wildman–Crippen MR) is 116 cm³/mol. The second kappa shape index (κ2) is 7.96. The minimum absolute atomic E-state index is 0.176. The number of fused-ring (bicyclic) bond motifs is 1. The highest BCUT2D eigenvalue weighted by molar-refractivity contribution is 6.32.